The maximum absolute atomic E-state index is 11.5. The highest BCUT2D eigenvalue weighted by Crippen LogP contribution is 2.22. The molecular formula is C16H20N2O3. The van der Waals surface area contributed by atoms with Gasteiger partial charge >= 0.3 is 5.91 Å². The Balaban J connectivity index is 2.06. The summed E-state index contributed by atoms with van der Waals surface area (Å²) in [5.74, 6) is 6.68. The number of hydrogen-bond acceptors (Lipinski definition) is 4. The van der Waals surface area contributed by atoms with Crippen LogP contribution in [0.3, 0.4) is 0 Å². The first-order chi connectivity index (χ1) is 10.0. The number of nitrogen functional groups attached to an aromatic ring is 1. The summed E-state index contributed by atoms with van der Waals surface area (Å²) in [5, 5.41) is 0. The van der Waals surface area contributed by atoms with Gasteiger partial charge in [0.1, 0.15) is 18.1 Å². The topological polar surface area (TPSA) is 77.5 Å². The molecule has 0 bridgehead atoms. The molecular weight excluding hydrogens is 268 g/mol. The van der Waals surface area contributed by atoms with Crippen LogP contribution in [0.4, 0.5) is 0 Å². The van der Waals surface area contributed by atoms with E-state index in [1.54, 1.807) is 13.0 Å². The van der Waals surface area contributed by atoms with E-state index in [0.29, 0.717) is 11.7 Å². The number of carbonyl (C=O) groups is 1. The monoisotopic (exact) mass is 288 g/mol. The number of furan rings is 1. The van der Waals surface area contributed by atoms with Gasteiger partial charge in [-0.15, -0.1) is 0 Å². The van der Waals surface area contributed by atoms with Crippen LogP contribution in [0.1, 0.15) is 47.2 Å². The lowest BCUT2D eigenvalue weighted by atomic mass is 10.0. The third-order valence-electron chi connectivity index (χ3n) is 3.21. The van der Waals surface area contributed by atoms with Crippen LogP contribution in [-0.4, -0.2) is 5.91 Å². The largest absolute Gasteiger partial charge is 0.486 e. The zero-order valence-electron chi connectivity index (χ0n) is 12.5. The molecule has 3 N–H and O–H groups in total. The second-order valence-electron chi connectivity index (χ2n) is 5.21. The molecule has 0 aliphatic carbocycles. The Bertz CT molecular complexity index is 632. The highest BCUT2D eigenvalue weighted by molar-refractivity contribution is 5.92. The zero-order chi connectivity index (χ0) is 15.4. The number of amides is 1. The fourth-order valence-corrected chi connectivity index (χ4v) is 2.03. The summed E-state index contributed by atoms with van der Waals surface area (Å²) < 4.78 is 11.2. The highest BCUT2D eigenvalue weighted by Gasteiger charge is 2.14. The third-order valence-corrected chi connectivity index (χ3v) is 3.21. The number of benzene rings is 1. The van der Waals surface area contributed by atoms with Gasteiger partial charge in [-0.05, 0) is 36.6 Å². The molecule has 0 aliphatic rings. The molecule has 0 spiro atoms. The van der Waals surface area contributed by atoms with Gasteiger partial charge in [-0.2, -0.15) is 0 Å². The standard InChI is InChI=1S/C16H20N2O3/c1-10(2)12-5-4-6-13(8-12)20-9-14-7-11(3)15(21-14)16(19)18-17/h4-8,10H,9,17H2,1-3H3,(H,18,19). The Morgan fingerprint density at radius 2 is 2.14 bits per heavy atom. The summed E-state index contributed by atoms with van der Waals surface area (Å²) in [6, 6.07) is 9.71. The minimum atomic E-state index is -0.444. The van der Waals surface area contributed by atoms with Crippen LogP contribution in [0.5, 0.6) is 5.75 Å². The fraction of sp³-hybridized carbons (Fsp3) is 0.312. The Morgan fingerprint density at radius 3 is 2.81 bits per heavy atom. The maximum atomic E-state index is 11.5. The van der Waals surface area contributed by atoms with E-state index in [9.17, 15) is 4.79 Å². The molecule has 0 unspecified atom stereocenters. The van der Waals surface area contributed by atoms with Gasteiger partial charge in [-0.3, -0.25) is 10.2 Å². The number of hydrazine groups is 1. The molecule has 0 saturated carbocycles. The minimum absolute atomic E-state index is 0.215. The molecule has 2 rings (SSSR count). The number of aryl methyl sites for hydroxylation is 1. The second-order valence-corrected chi connectivity index (χ2v) is 5.21. The van der Waals surface area contributed by atoms with Crippen molar-refractivity contribution in [1.29, 1.82) is 0 Å². The summed E-state index contributed by atoms with van der Waals surface area (Å²) in [6.45, 7) is 6.32. The normalized spacial score (nSPS) is 10.7. The Kier molecular flexibility index (Phi) is 4.65. The SMILES string of the molecule is Cc1cc(COc2cccc(C(C)C)c2)oc1C(=O)NN. The molecule has 0 radical (unpaired) electrons. The summed E-state index contributed by atoms with van der Waals surface area (Å²) in [5.41, 5.74) is 4.00. The minimum Gasteiger partial charge on any atom is -0.486 e. The molecule has 0 aliphatic heterocycles. The summed E-state index contributed by atoms with van der Waals surface area (Å²) >= 11 is 0. The van der Waals surface area contributed by atoms with E-state index >= 15 is 0 Å². The highest BCUT2D eigenvalue weighted by atomic mass is 16.5. The van der Waals surface area contributed by atoms with E-state index in [1.807, 2.05) is 18.2 Å². The van der Waals surface area contributed by atoms with E-state index < -0.39 is 5.91 Å². The number of hydrogen-bond donors (Lipinski definition) is 2. The van der Waals surface area contributed by atoms with Crippen LogP contribution in [0.25, 0.3) is 0 Å². The lowest BCUT2D eigenvalue weighted by Gasteiger charge is -2.09. The fourth-order valence-electron chi connectivity index (χ4n) is 2.03. The van der Waals surface area contributed by atoms with Crippen LogP contribution >= 0.6 is 0 Å². The average Bonchev–Trinajstić information content (AvgIpc) is 2.85. The van der Waals surface area contributed by atoms with Crippen LogP contribution in [-0.2, 0) is 6.61 Å². The maximum Gasteiger partial charge on any atom is 0.301 e. The molecule has 0 fully saturated rings. The van der Waals surface area contributed by atoms with Crippen molar-refractivity contribution in [3.63, 3.8) is 0 Å². The van der Waals surface area contributed by atoms with Crippen molar-refractivity contribution in [2.75, 3.05) is 0 Å². The Labute approximate surface area is 124 Å². The van der Waals surface area contributed by atoms with Crippen LogP contribution in [0, 0.1) is 6.92 Å². The quantitative estimate of drug-likeness (QED) is 0.504. The predicted octanol–water partition coefficient (Wildman–Crippen LogP) is 2.89. The van der Waals surface area contributed by atoms with E-state index in [4.69, 9.17) is 15.0 Å². The first kappa shape index (κ1) is 15.1. The van der Waals surface area contributed by atoms with E-state index in [-0.39, 0.29) is 12.4 Å². The van der Waals surface area contributed by atoms with Crippen molar-refractivity contribution in [3.05, 3.63) is 53.0 Å². The smallest absolute Gasteiger partial charge is 0.301 e. The Hall–Kier alpha value is -2.27. The molecule has 1 amide bonds. The second kappa shape index (κ2) is 6.45. The van der Waals surface area contributed by atoms with Gasteiger partial charge in [0, 0.05) is 5.56 Å². The van der Waals surface area contributed by atoms with Gasteiger partial charge in [0.15, 0.2) is 5.76 Å². The first-order valence-corrected chi connectivity index (χ1v) is 6.84. The summed E-state index contributed by atoms with van der Waals surface area (Å²) in [6.07, 6.45) is 0. The molecule has 2 aromatic rings. The molecule has 0 saturated heterocycles. The van der Waals surface area contributed by atoms with Crippen molar-refractivity contribution in [3.8, 4) is 5.75 Å². The summed E-state index contributed by atoms with van der Waals surface area (Å²) in [7, 11) is 0. The van der Waals surface area contributed by atoms with Crippen LogP contribution in [0.15, 0.2) is 34.7 Å². The molecule has 112 valence electrons. The predicted molar refractivity (Wildman–Crippen MR) is 80.0 cm³/mol. The molecule has 1 aromatic carbocycles. The van der Waals surface area contributed by atoms with Crippen molar-refractivity contribution >= 4 is 5.91 Å². The van der Waals surface area contributed by atoms with Crippen LogP contribution in [0.2, 0.25) is 0 Å². The van der Waals surface area contributed by atoms with E-state index in [2.05, 4.69) is 25.3 Å². The average molecular weight is 288 g/mol. The first-order valence-electron chi connectivity index (χ1n) is 6.84. The van der Waals surface area contributed by atoms with Crippen LogP contribution < -0.4 is 16.0 Å². The third kappa shape index (κ3) is 3.64. The van der Waals surface area contributed by atoms with Gasteiger partial charge in [0.05, 0.1) is 0 Å². The van der Waals surface area contributed by atoms with Gasteiger partial charge < -0.3 is 9.15 Å². The zero-order valence-corrected chi connectivity index (χ0v) is 12.5. The number of rotatable bonds is 5. The van der Waals surface area contributed by atoms with Crippen molar-refractivity contribution in [2.45, 2.75) is 33.3 Å². The number of nitrogens with two attached hydrogens (primary N) is 1. The number of nitrogens with one attached hydrogen (secondary N) is 1. The van der Waals surface area contributed by atoms with Gasteiger partial charge in [0.2, 0.25) is 0 Å². The van der Waals surface area contributed by atoms with E-state index in [1.165, 1.54) is 5.56 Å². The molecule has 5 heteroatoms. The van der Waals surface area contributed by atoms with Gasteiger partial charge in [-0.25, -0.2) is 5.84 Å². The molecule has 0 atom stereocenters. The summed E-state index contributed by atoms with van der Waals surface area (Å²) in [4.78, 5) is 11.5. The molecule has 1 aromatic heterocycles. The number of carbonyl (C=O) groups excluding carboxylic acids is 1. The van der Waals surface area contributed by atoms with Crippen molar-refractivity contribution < 1.29 is 13.9 Å². The number of ether oxygens (including phenoxy) is 1. The van der Waals surface area contributed by atoms with E-state index in [0.717, 1.165) is 11.3 Å². The van der Waals surface area contributed by atoms with Crippen molar-refractivity contribution in [1.82, 2.24) is 5.43 Å². The Morgan fingerprint density at radius 1 is 1.38 bits per heavy atom. The molecule has 21 heavy (non-hydrogen) atoms. The lowest BCUT2D eigenvalue weighted by molar-refractivity contribution is 0.0921. The lowest BCUT2D eigenvalue weighted by Crippen LogP contribution is -2.30. The van der Waals surface area contributed by atoms with Gasteiger partial charge in [-0.1, -0.05) is 26.0 Å². The molecule has 1 heterocycles. The van der Waals surface area contributed by atoms with Crippen molar-refractivity contribution in [2.24, 2.45) is 5.84 Å². The molecule has 5 nitrogen and oxygen atoms in total. The van der Waals surface area contributed by atoms with Gasteiger partial charge in [0.25, 0.3) is 0 Å².